The van der Waals surface area contributed by atoms with Gasteiger partial charge in [0.2, 0.25) is 5.91 Å². The fourth-order valence-electron chi connectivity index (χ4n) is 2.43. The summed E-state index contributed by atoms with van der Waals surface area (Å²) in [4.78, 5) is 12.2. The number of amides is 1. The molecule has 0 atom stereocenters. The normalized spacial score (nSPS) is 10.2. The van der Waals surface area contributed by atoms with Gasteiger partial charge in [0.05, 0.1) is 20.6 Å². The van der Waals surface area contributed by atoms with Gasteiger partial charge in [-0.15, -0.1) is 0 Å². The second-order valence-electron chi connectivity index (χ2n) is 5.29. The van der Waals surface area contributed by atoms with E-state index in [4.69, 9.17) is 9.47 Å². The molecule has 1 N–H and O–H groups in total. The minimum absolute atomic E-state index is 0.0581. The van der Waals surface area contributed by atoms with Crippen LogP contribution in [0.5, 0.6) is 11.5 Å². The molecule has 0 aliphatic heterocycles. The number of ether oxygens (including phenoxy) is 2. The van der Waals surface area contributed by atoms with Gasteiger partial charge in [-0.05, 0) is 54.8 Å². The zero-order chi connectivity index (χ0) is 16.1. The molecule has 0 saturated carbocycles. The van der Waals surface area contributed by atoms with E-state index < -0.39 is 0 Å². The van der Waals surface area contributed by atoms with Gasteiger partial charge in [-0.25, -0.2) is 0 Å². The van der Waals surface area contributed by atoms with Crippen LogP contribution >= 0.6 is 0 Å². The molecule has 0 heterocycles. The van der Waals surface area contributed by atoms with Crippen LogP contribution in [-0.2, 0) is 11.2 Å². The van der Waals surface area contributed by atoms with Crippen LogP contribution in [0.25, 0.3) is 0 Å². The summed E-state index contributed by atoms with van der Waals surface area (Å²) < 4.78 is 10.4. The Balaban J connectivity index is 2.08. The van der Waals surface area contributed by atoms with Gasteiger partial charge in [0.1, 0.15) is 0 Å². The lowest BCUT2D eigenvalue weighted by Crippen LogP contribution is -2.14. The van der Waals surface area contributed by atoms with Crippen LogP contribution in [0.1, 0.15) is 16.7 Å². The Morgan fingerprint density at radius 2 is 1.59 bits per heavy atom. The molecule has 0 aliphatic carbocycles. The van der Waals surface area contributed by atoms with E-state index in [9.17, 15) is 4.79 Å². The van der Waals surface area contributed by atoms with Crippen LogP contribution in [-0.4, -0.2) is 20.1 Å². The van der Waals surface area contributed by atoms with E-state index in [2.05, 4.69) is 11.4 Å². The molecule has 0 unspecified atom stereocenters. The van der Waals surface area contributed by atoms with E-state index in [1.165, 1.54) is 0 Å². The van der Waals surface area contributed by atoms with E-state index in [0.717, 1.165) is 22.4 Å². The number of carbonyl (C=O) groups is 1. The lowest BCUT2D eigenvalue weighted by molar-refractivity contribution is -0.115. The van der Waals surface area contributed by atoms with Crippen molar-refractivity contribution in [3.63, 3.8) is 0 Å². The number of rotatable bonds is 5. The van der Waals surface area contributed by atoms with Crippen molar-refractivity contribution in [1.82, 2.24) is 0 Å². The van der Waals surface area contributed by atoms with Crippen molar-refractivity contribution in [2.75, 3.05) is 19.5 Å². The van der Waals surface area contributed by atoms with Crippen molar-refractivity contribution in [3.8, 4) is 11.5 Å². The Bertz CT molecular complexity index is 660. The predicted octanol–water partition coefficient (Wildman–Crippen LogP) is 3.50. The standard InChI is InChI=1S/C18H21NO3/c1-12-7-13(2)9-15(8-12)19-18(20)11-14-5-6-16(21-3)17(10-14)22-4/h5-10H,11H2,1-4H3,(H,19,20). The van der Waals surface area contributed by atoms with Crippen LogP contribution in [0.4, 0.5) is 5.69 Å². The molecule has 0 bridgehead atoms. The molecule has 0 radical (unpaired) electrons. The van der Waals surface area contributed by atoms with E-state index in [1.54, 1.807) is 20.3 Å². The number of hydrogen-bond donors (Lipinski definition) is 1. The van der Waals surface area contributed by atoms with Gasteiger partial charge in [-0.3, -0.25) is 4.79 Å². The Hall–Kier alpha value is -2.49. The molecule has 0 fully saturated rings. The Labute approximate surface area is 131 Å². The van der Waals surface area contributed by atoms with Gasteiger partial charge in [0.25, 0.3) is 0 Å². The molecule has 0 saturated heterocycles. The highest BCUT2D eigenvalue weighted by Crippen LogP contribution is 2.27. The maximum absolute atomic E-state index is 12.2. The second-order valence-corrected chi connectivity index (χ2v) is 5.29. The molecule has 4 nitrogen and oxygen atoms in total. The summed E-state index contributed by atoms with van der Waals surface area (Å²) in [5, 5.41) is 2.93. The Morgan fingerprint density at radius 3 is 2.18 bits per heavy atom. The van der Waals surface area contributed by atoms with Crippen molar-refractivity contribution in [2.45, 2.75) is 20.3 Å². The first-order valence-corrected chi connectivity index (χ1v) is 7.11. The number of nitrogens with one attached hydrogen (secondary N) is 1. The number of aryl methyl sites for hydroxylation is 2. The fraction of sp³-hybridized carbons (Fsp3) is 0.278. The SMILES string of the molecule is COc1ccc(CC(=O)Nc2cc(C)cc(C)c2)cc1OC. The summed E-state index contributed by atoms with van der Waals surface area (Å²) in [7, 11) is 3.17. The van der Waals surface area contributed by atoms with Crippen LogP contribution in [0, 0.1) is 13.8 Å². The Kier molecular flexibility index (Phi) is 5.04. The zero-order valence-electron chi connectivity index (χ0n) is 13.4. The lowest BCUT2D eigenvalue weighted by Gasteiger charge is -2.10. The summed E-state index contributed by atoms with van der Waals surface area (Å²) in [6, 6.07) is 11.5. The topological polar surface area (TPSA) is 47.6 Å². The molecular formula is C18H21NO3. The molecule has 2 rings (SSSR count). The maximum atomic E-state index is 12.2. The van der Waals surface area contributed by atoms with Crippen molar-refractivity contribution in [1.29, 1.82) is 0 Å². The van der Waals surface area contributed by atoms with Gasteiger partial charge in [-0.1, -0.05) is 12.1 Å². The molecule has 2 aromatic rings. The number of carbonyl (C=O) groups excluding carboxylic acids is 1. The average molecular weight is 299 g/mol. The highest BCUT2D eigenvalue weighted by Gasteiger charge is 2.09. The van der Waals surface area contributed by atoms with Crippen LogP contribution < -0.4 is 14.8 Å². The van der Waals surface area contributed by atoms with Gasteiger partial charge in [-0.2, -0.15) is 0 Å². The Morgan fingerprint density at radius 1 is 0.955 bits per heavy atom. The van der Waals surface area contributed by atoms with Gasteiger partial charge in [0.15, 0.2) is 11.5 Å². The molecule has 4 heteroatoms. The molecule has 0 aliphatic rings. The van der Waals surface area contributed by atoms with E-state index >= 15 is 0 Å². The average Bonchev–Trinajstić information content (AvgIpc) is 2.45. The van der Waals surface area contributed by atoms with Crippen LogP contribution in [0.15, 0.2) is 36.4 Å². The summed E-state index contributed by atoms with van der Waals surface area (Å²) in [6.45, 7) is 4.02. The van der Waals surface area contributed by atoms with Gasteiger partial charge >= 0.3 is 0 Å². The summed E-state index contributed by atoms with van der Waals surface area (Å²) >= 11 is 0. The summed E-state index contributed by atoms with van der Waals surface area (Å²) in [5.41, 5.74) is 3.95. The highest BCUT2D eigenvalue weighted by molar-refractivity contribution is 5.92. The molecule has 22 heavy (non-hydrogen) atoms. The number of benzene rings is 2. The quantitative estimate of drug-likeness (QED) is 0.919. The number of methoxy groups -OCH3 is 2. The largest absolute Gasteiger partial charge is 0.493 e. The van der Waals surface area contributed by atoms with Crippen molar-refractivity contribution in [2.24, 2.45) is 0 Å². The summed E-state index contributed by atoms with van der Waals surface area (Å²) in [5.74, 6) is 1.22. The summed E-state index contributed by atoms with van der Waals surface area (Å²) in [6.07, 6.45) is 0.285. The van der Waals surface area contributed by atoms with Crippen molar-refractivity contribution < 1.29 is 14.3 Å². The highest BCUT2D eigenvalue weighted by atomic mass is 16.5. The molecular weight excluding hydrogens is 278 g/mol. The van der Waals surface area contributed by atoms with Crippen LogP contribution in [0.2, 0.25) is 0 Å². The fourth-order valence-corrected chi connectivity index (χ4v) is 2.43. The van der Waals surface area contributed by atoms with E-state index in [-0.39, 0.29) is 12.3 Å². The third-order valence-electron chi connectivity index (χ3n) is 3.32. The monoisotopic (exact) mass is 299 g/mol. The van der Waals surface area contributed by atoms with Crippen molar-refractivity contribution >= 4 is 11.6 Å². The molecule has 0 spiro atoms. The first-order valence-electron chi connectivity index (χ1n) is 7.11. The lowest BCUT2D eigenvalue weighted by atomic mass is 10.1. The van der Waals surface area contributed by atoms with E-state index in [0.29, 0.717) is 11.5 Å². The van der Waals surface area contributed by atoms with E-state index in [1.807, 2.05) is 38.1 Å². The molecule has 0 aromatic heterocycles. The molecule has 1 amide bonds. The zero-order valence-corrected chi connectivity index (χ0v) is 13.4. The minimum atomic E-state index is -0.0581. The van der Waals surface area contributed by atoms with Crippen molar-refractivity contribution in [3.05, 3.63) is 53.1 Å². The van der Waals surface area contributed by atoms with Crippen LogP contribution in [0.3, 0.4) is 0 Å². The first-order chi connectivity index (χ1) is 10.5. The number of anilines is 1. The van der Waals surface area contributed by atoms with Gasteiger partial charge in [0, 0.05) is 5.69 Å². The minimum Gasteiger partial charge on any atom is -0.493 e. The first kappa shape index (κ1) is 15.9. The molecule has 116 valence electrons. The number of hydrogen-bond acceptors (Lipinski definition) is 3. The second kappa shape index (κ2) is 6.98. The maximum Gasteiger partial charge on any atom is 0.228 e. The predicted molar refractivity (Wildman–Crippen MR) is 87.8 cm³/mol. The smallest absolute Gasteiger partial charge is 0.228 e. The third kappa shape index (κ3) is 4.01. The molecule has 2 aromatic carbocycles. The van der Waals surface area contributed by atoms with Gasteiger partial charge < -0.3 is 14.8 Å². The third-order valence-corrected chi connectivity index (χ3v) is 3.32.